The summed E-state index contributed by atoms with van der Waals surface area (Å²) in [5, 5.41) is 12.6. The first-order chi connectivity index (χ1) is 17.4. The molecule has 1 saturated heterocycles. The van der Waals surface area contributed by atoms with Crippen LogP contribution in [0.15, 0.2) is 59.8 Å². The summed E-state index contributed by atoms with van der Waals surface area (Å²) in [7, 11) is -3.40. The molecule has 0 radical (unpaired) electrons. The molecular formula is C24H24F3N5O4S. The van der Waals surface area contributed by atoms with Gasteiger partial charge in [-0.2, -0.15) is 22.6 Å². The molecule has 0 bridgehead atoms. The Morgan fingerprint density at radius 3 is 2.32 bits per heavy atom. The van der Waals surface area contributed by atoms with Gasteiger partial charge in [0, 0.05) is 36.6 Å². The Bertz CT molecular complexity index is 1510. The molecule has 4 aromatic rings. The molecule has 0 aliphatic carbocycles. The number of carboxylic acids is 1. The second-order valence-corrected chi connectivity index (χ2v) is 10.4. The van der Waals surface area contributed by atoms with Crippen LogP contribution in [0.3, 0.4) is 0 Å². The predicted molar refractivity (Wildman–Crippen MR) is 129 cm³/mol. The van der Waals surface area contributed by atoms with Gasteiger partial charge in [0.05, 0.1) is 17.1 Å². The normalized spacial score (nSPS) is 14.5. The van der Waals surface area contributed by atoms with E-state index >= 15 is 0 Å². The molecule has 0 atom stereocenters. The molecule has 2 N–H and O–H groups in total. The lowest BCUT2D eigenvalue weighted by Crippen LogP contribution is -2.27. The Kier molecular flexibility index (Phi) is 7.37. The number of aryl methyl sites for hydroxylation is 1. The highest BCUT2D eigenvalue weighted by Crippen LogP contribution is 2.30. The third kappa shape index (κ3) is 6.00. The lowest BCUT2D eigenvalue weighted by molar-refractivity contribution is -0.192. The zero-order valence-corrected chi connectivity index (χ0v) is 20.6. The molecule has 1 fully saturated rings. The summed E-state index contributed by atoms with van der Waals surface area (Å²) in [4.78, 5) is 17.1. The number of nitrogens with zero attached hydrogens (tertiary/aromatic N) is 4. The minimum Gasteiger partial charge on any atom is -0.475 e. The fraction of sp³-hybridized carbons (Fsp3) is 0.292. The standard InChI is InChI=1S/C22H23N5O2S.C2HF3O2/c1-16-9-13-26(25-16)15-18-14-21-20(8-10-23-22(21)24-18)17-4-6-19(7-5-17)30(28,29)27-11-2-3-12-27;3-2(4,5)1(6)7/h4-10,13-14H,2-3,11-12,15H2,1H3,(H,23,24);(H,6,7). The van der Waals surface area contributed by atoms with E-state index in [-0.39, 0.29) is 0 Å². The van der Waals surface area contributed by atoms with E-state index in [2.05, 4.69) is 21.1 Å². The molecule has 1 aliphatic rings. The molecule has 0 unspecified atom stereocenters. The van der Waals surface area contributed by atoms with Crippen molar-refractivity contribution in [1.82, 2.24) is 24.1 Å². The van der Waals surface area contributed by atoms with E-state index in [4.69, 9.17) is 9.90 Å². The number of halogens is 3. The summed E-state index contributed by atoms with van der Waals surface area (Å²) in [6.45, 7) is 3.82. The van der Waals surface area contributed by atoms with Gasteiger partial charge in [0.25, 0.3) is 0 Å². The van der Waals surface area contributed by atoms with Crippen LogP contribution in [0.5, 0.6) is 0 Å². The van der Waals surface area contributed by atoms with Gasteiger partial charge in [-0.3, -0.25) is 4.68 Å². The van der Waals surface area contributed by atoms with Gasteiger partial charge in [-0.05, 0) is 61.2 Å². The number of aliphatic carboxylic acids is 1. The van der Waals surface area contributed by atoms with E-state index in [1.54, 1.807) is 22.6 Å². The summed E-state index contributed by atoms with van der Waals surface area (Å²) < 4.78 is 60.7. The minimum absolute atomic E-state index is 0.349. The number of fused-ring (bicyclic) bond motifs is 1. The van der Waals surface area contributed by atoms with Gasteiger partial charge >= 0.3 is 12.1 Å². The molecule has 0 saturated carbocycles. The maximum atomic E-state index is 12.8. The van der Waals surface area contributed by atoms with Crippen molar-refractivity contribution >= 4 is 27.0 Å². The Morgan fingerprint density at radius 2 is 1.76 bits per heavy atom. The molecule has 1 aromatic carbocycles. The SMILES string of the molecule is Cc1ccn(Cc2cc3c(-c4ccc(S(=O)(=O)N5CCCC5)cc4)ccnc3[nH]2)n1.O=C(O)C(F)(F)F. The highest BCUT2D eigenvalue weighted by molar-refractivity contribution is 7.89. The Hall–Kier alpha value is -3.71. The molecule has 4 heterocycles. The first kappa shape index (κ1) is 26.4. The molecule has 5 rings (SSSR count). The fourth-order valence-electron chi connectivity index (χ4n) is 4.03. The number of rotatable bonds is 5. The van der Waals surface area contributed by atoms with Crippen LogP contribution in [0.1, 0.15) is 24.2 Å². The zero-order valence-electron chi connectivity index (χ0n) is 19.7. The number of alkyl halides is 3. The van der Waals surface area contributed by atoms with E-state index in [0.29, 0.717) is 24.5 Å². The summed E-state index contributed by atoms with van der Waals surface area (Å²) in [5.41, 5.74) is 4.78. The average molecular weight is 536 g/mol. The van der Waals surface area contributed by atoms with Gasteiger partial charge in [0.1, 0.15) is 5.65 Å². The third-order valence-corrected chi connectivity index (χ3v) is 7.72. The fourth-order valence-corrected chi connectivity index (χ4v) is 5.55. The van der Waals surface area contributed by atoms with Gasteiger partial charge in [-0.1, -0.05) is 12.1 Å². The van der Waals surface area contributed by atoms with Crippen LogP contribution in [-0.2, 0) is 21.4 Å². The Labute approximate surface area is 210 Å². The largest absolute Gasteiger partial charge is 0.490 e. The first-order valence-electron chi connectivity index (χ1n) is 11.3. The maximum absolute atomic E-state index is 12.8. The lowest BCUT2D eigenvalue weighted by Gasteiger charge is -2.15. The van der Waals surface area contributed by atoms with Crippen molar-refractivity contribution in [2.45, 2.75) is 37.4 Å². The van der Waals surface area contributed by atoms with E-state index in [9.17, 15) is 21.6 Å². The predicted octanol–water partition coefficient (Wildman–Crippen LogP) is 4.20. The number of hydrogen-bond acceptors (Lipinski definition) is 5. The van der Waals surface area contributed by atoms with E-state index in [1.165, 1.54) is 0 Å². The molecular weight excluding hydrogens is 511 g/mol. The lowest BCUT2D eigenvalue weighted by atomic mass is 10.0. The van der Waals surface area contributed by atoms with Gasteiger partial charge in [0.2, 0.25) is 10.0 Å². The van der Waals surface area contributed by atoms with Crippen LogP contribution in [0.2, 0.25) is 0 Å². The van der Waals surface area contributed by atoms with Crippen LogP contribution in [0, 0.1) is 6.92 Å². The summed E-state index contributed by atoms with van der Waals surface area (Å²) >= 11 is 0. The highest BCUT2D eigenvalue weighted by Gasteiger charge is 2.38. The van der Waals surface area contributed by atoms with Crippen molar-refractivity contribution in [3.63, 3.8) is 0 Å². The highest BCUT2D eigenvalue weighted by atomic mass is 32.2. The second-order valence-electron chi connectivity index (χ2n) is 8.51. The van der Waals surface area contributed by atoms with Crippen LogP contribution >= 0.6 is 0 Å². The third-order valence-electron chi connectivity index (χ3n) is 5.80. The molecule has 1 aliphatic heterocycles. The average Bonchev–Trinajstić information content (AvgIpc) is 3.60. The molecule has 3 aromatic heterocycles. The quantitative estimate of drug-likeness (QED) is 0.395. The summed E-state index contributed by atoms with van der Waals surface area (Å²) in [5.74, 6) is -2.76. The number of hydrogen-bond donors (Lipinski definition) is 2. The second kappa shape index (κ2) is 10.3. The molecule has 0 amide bonds. The molecule has 196 valence electrons. The number of pyridine rings is 1. The van der Waals surface area contributed by atoms with Gasteiger partial charge < -0.3 is 10.1 Å². The molecule has 9 nitrogen and oxygen atoms in total. The van der Waals surface area contributed by atoms with Crippen LogP contribution < -0.4 is 0 Å². The van der Waals surface area contributed by atoms with Crippen LogP contribution in [0.25, 0.3) is 22.2 Å². The number of sulfonamides is 1. The monoisotopic (exact) mass is 535 g/mol. The zero-order chi connectivity index (χ0) is 26.8. The number of carbonyl (C=O) groups is 1. The molecule has 0 spiro atoms. The van der Waals surface area contributed by atoms with Gasteiger partial charge in [0.15, 0.2) is 0 Å². The molecule has 13 heteroatoms. The number of aromatic amines is 1. The topological polar surface area (TPSA) is 121 Å². The maximum Gasteiger partial charge on any atom is 0.490 e. The number of nitrogens with one attached hydrogen (secondary N) is 1. The first-order valence-corrected chi connectivity index (χ1v) is 12.8. The number of H-pyrrole nitrogens is 1. The van der Waals surface area contributed by atoms with Crippen molar-refractivity contribution < 1.29 is 31.5 Å². The minimum atomic E-state index is -5.08. The van der Waals surface area contributed by atoms with Crippen molar-refractivity contribution in [2.24, 2.45) is 0 Å². The van der Waals surface area contributed by atoms with Crippen molar-refractivity contribution in [1.29, 1.82) is 0 Å². The van der Waals surface area contributed by atoms with E-state index in [0.717, 1.165) is 46.4 Å². The van der Waals surface area contributed by atoms with Crippen molar-refractivity contribution in [3.8, 4) is 11.1 Å². The Morgan fingerprint density at radius 1 is 1.11 bits per heavy atom. The van der Waals surface area contributed by atoms with Gasteiger partial charge in [-0.25, -0.2) is 18.2 Å². The Balaban J connectivity index is 0.000000405. The van der Waals surface area contributed by atoms with Crippen LogP contribution in [0.4, 0.5) is 13.2 Å². The van der Waals surface area contributed by atoms with Gasteiger partial charge in [-0.15, -0.1) is 0 Å². The number of carboxylic acid groups (broad SMARTS) is 1. The van der Waals surface area contributed by atoms with E-state index < -0.39 is 22.2 Å². The van der Waals surface area contributed by atoms with Crippen LogP contribution in [-0.4, -0.2) is 62.8 Å². The molecule has 37 heavy (non-hydrogen) atoms. The number of aromatic nitrogens is 4. The van der Waals surface area contributed by atoms with Crippen molar-refractivity contribution in [2.75, 3.05) is 13.1 Å². The van der Waals surface area contributed by atoms with Crippen molar-refractivity contribution in [3.05, 3.63) is 66.2 Å². The smallest absolute Gasteiger partial charge is 0.475 e. The number of benzene rings is 1. The van der Waals surface area contributed by atoms with E-state index in [1.807, 2.05) is 42.1 Å². The summed E-state index contributed by atoms with van der Waals surface area (Å²) in [6, 6.07) is 13.2. The summed E-state index contributed by atoms with van der Waals surface area (Å²) in [6.07, 6.45) is 0.500.